The third-order valence-corrected chi connectivity index (χ3v) is 3.39. The van der Waals surface area contributed by atoms with Gasteiger partial charge in [-0.3, -0.25) is 0 Å². The third kappa shape index (κ3) is 8.45. The lowest BCUT2D eigenvalue weighted by Crippen LogP contribution is -2.23. The maximum absolute atomic E-state index is 10.9. The second-order valence-corrected chi connectivity index (χ2v) is 5.78. The van der Waals surface area contributed by atoms with Gasteiger partial charge in [0.05, 0.1) is 18.3 Å². The highest BCUT2D eigenvalue weighted by molar-refractivity contribution is 5.75. The highest BCUT2D eigenvalue weighted by Crippen LogP contribution is 2.12. The number of ketones is 1. The van der Waals surface area contributed by atoms with Gasteiger partial charge in [0, 0.05) is 6.42 Å². The molecule has 3 atom stereocenters. The van der Waals surface area contributed by atoms with Gasteiger partial charge in [0.2, 0.25) is 0 Å². The SMILES string of the molecule is CC(=O)CCC[C@H](O)[C@H](O)/C=C/c1cccc(/C=C/[C@@H](C)O)c1. The maximum atomic E-state index is 10.9. The Kier molecular flexibility index (Phi) is 8.48. The van der Waals surface area contributed by atoms with Crippen LogP contribution in [0.4, 0.5) is 0 Å². The van der Waals surface area contributed by atoms with Crippen molar-refractivity contribution in [1.29, 1.82) is 0 Å². The molecule has 0 bridgehead atoms. The van der Waals surface area contributed by atoms with Crippen LogP contribution in [0.5, 0.6) is 0 Å². The number of aliphatic hydroxyl groups is 3. The van der Waals surface area contributed by atoms with E-state index in [0.29, 0.717) is 19.3 Å². The van der Waals surface area contributed by atoms with E-state index in [2.05, 4.69) is 0 Å². The van der Waals surface area contributed by atoms with Crippen LogP contribution >= 0.6 is 0 Å². The smallest absolute Gasteiger partial charge is 0.129 e. The highest BCUT2D eigenvalue weighted by Gasteiger charge is 2.12. The number of hydrogen-bond acceptors (Lipinski definition) is 4. The zero-order valence-electron chi connectivity index (χ0n) is 13.7. The summed E-state index contributed by atoms with van der Waals surface area (Å²) in [6, 6.07) is 7.62. The quantitative estimate of drug-likeness (QED) is 0.654. The molecule has 0 saturated heterocycles. The molecule has 1 rings (SSSR count). The van der Waals surface area contributed by atoms with Gasteiger partial charge in [-0.2, -0.15) is 0 Å². The molecule has 1 aromatic carbocycles. The molecule has 4 nitrogen and oxygen atoms in total. The van der Waals surface area contributed by atoms with E-state index in [1.54, 1.807) is 25.2 Å². The van der Waals surface area contributed by atoms with Crippen LogP contribution in [0.25, 0.3) is 12.2 Å². The molecular formula is C19H26O4. The van der Waals surface area contributed by atoms with Crippen molar-refractivity contribution in [1.82, 2.24) is 0 Å². The average Bonchev–Trinajstić information content (AvgIpc) is 2.50. The predicted molar refractivity (Wildman–Crippen MR) is 92.7 cm³/mol. The van der Waals surface area contributed by atoms with E-state index in [4.69, 9.17) is 0 Å². The Morgan fingerprint density at radius 2 is 1.74 bits per heavy atom. The first kappa shape index (κ1) is 19.3. The highest BCUT2D eigenvalue weighted by atomic mass is 16.3. The summed E-state index contributed by atoms with van der Waals surface area (Å²) in [6.45, 7) is 3.20. The van der Waals surface area contributed by atoms with Gasteiger partial charge in [-0.15, -0.1) is 0 Å². The van der Waals surface area contributed by atoms with Crippen LogP contribution in [0.3, 0.4) is 0 Å². The largest absolute Gasteiger partial charge is 0.390 e. The summed E-state index contributed by atoms with van der Waals surface area (Å²) in [6.07, 6.45) is 5.87. The molecule has 0 saturated carbocycles. The van der Waals surface area contributed by atoms with Gasteiger partial charge >= 0.3 is 0 Å². The zero-order chi connectivity index (χ0) is 17.2. The minimum atomic E-state index is -0.960. The number of benzene rings is 1. The minimum Gasteiger partial charge on any atom is -0.390 e. The Morgan fingerprint density at radius 3 is 2.30 bits per heavy atom. The number of Topliss-reactive ketones (excluding diaryl/α,β-unsaturated/α-hetero) is 1. The number of hydrogen-bond donors (Lipinski definition) is 3. The van der Waals surface area contributed by atoms with Gasteiger partial charge in [0.1, 0.15) is 5.78 Å². The van der Waals surface area contributed by atoms with Crippen LogP contribution in [0.1, 0.15) is 44.2 Å². The molecule has 0 fully saturated rings. The molecule has 1 aromatic rings. The van der Waals surface area contributed by atoms with Crippen molar-refractivity contribution in [3.8, 4) is 0 Å². The predicted octanol–water partition coefficient (Wildman–Crippen LogP) is 2.57. The van der Waals surface area contributed by atoms with Crippen molar-refractivity contribution >= 4 is 17.9 Å². The lowest BCUT2D eigenvalue weighted by Gasteiger charge is -2.13. The van der Waals surface area contributed by atoms with E-state index in [1.165, 1.54) is 6.92 Å². The van der Waals surface area contributed by atoms with Gasteiger partial charge in [-0.25, -0.2) is 0 Å². The van der Waals surface area contributed by atoms with Crippen LogP contribution in [-0.4, -0.2) is 39.4 Å². The van der Waals surface area contributed by atoms with E-state index < -0.39 is 18.3 Å². The molecule has 0 heterocycles. The molecule has 0 amide bonds. The fourth-order valence-electron chi connectivity index (χ4n) is 2.09. The second-order valence-electron chi connectivity index (χ2n) is 5.78. The first-order valence-electron chi connectivity index (χ1n) is 7.88. The molecular weight excluding hydrogens is 292 g/mol. The topological polar surface area (TPSA) is 77.8 Å². The maximum Gasteiger partial charge on any atom is 0.129 e. The molecule has 0 aliphatic carbocycles. The molecule has 0 aliphatic heterocycles. The van der Waals surface area contributed by atoms with E-state index >= 15 is 0 Å². The Morgan fingerprint density at radius 1 is 1.13 bits per heavy atom. The van der Waals surface area contributed by atoms with Crippen molar-refractivity contribution in [2.45, 2.75) is 51.4 Å². The summed E-state index contributed by atoms with van der Waals surface area (Å²) in [5.41, 5.74) is 1.84. The Bertz CT molecular complexity index is 546. The molecule has 0 aliphatic rings. The zero-order valence-corrected chi connectivity index (χ0v) is 13.7. The minimum absolute atomic E-state index is 0.0873. The lowest BCUT2D eigenvalue weighted by molar-refractivity contribution is -0.117. The fourth-order valence-corrected chi connectivity index (χ4v) is 2.09. The number of aliphatic hydroxyl groups excluding tert-OH is 3. The van der Waals surface area contributed by atoms with Gasteiger partial charge < -0.3 is 20.1 Å². The molecule has 0 radical (unpaired) electrons. The second kappa shape index (κ2) is 10.1. The molecule has 0 unspecified atom stereocenters. The van der Waals surface area contributed by atoms with Crippen LogP contribution in [-0.2, 0) is 4.79 Å². The molecule has 4 heteroatoms. The molecule has 126 valence electrons. The summed E-state index contributed by atoms with van der Waals surface area (Å²) in [4.78, 5) is 10.9. The normalized spacial score (nSPS) is 15.9. The number of rotatable bonds is 9. The number of carbonyl (C=O) groups excluding carboxylic acids is 1. The summed E-state index contributed by atoms with van der Waals surface area (Å²) >= 11 is 0. The van der Waals surface area contributed by atoms with E-state index in [1.807, 2.05) is 30.3 Å². The summed E-state index contributed by atoms with van der Waals surface area (Å²) in [7, 11) is 0. The summed E-state index contributed by atoms with van der Waals surface area (Å²) in [5, 5.41) is 29.0. The Labute approximate surface area is 137 Å². The van der Waals surface area contributed by atoms with Crippen molar-refractivity contribution in [3.63, 3.8) is 0 Å². The molecule has 23 heavy (non-hydrogen) atoms. The van der Waals surface area contributed by atoms with E-state index in [-0.39, 0.29) is 5.78 Å². The lowest BCUT2D eigenvalue weighted by atomic mass is 10.0. The van der Waals surface area contributed by atoms with Gasteiger partial charge in [-0.1, -0.05) is 42.5 Å². The average molecular weight is 318 g/mol. The van der Waals surface area contributed by atoms with Crippen LogP contribution in [0, 0.1) is 0 Å². The Hall–Kier alpha value is -1.75. The Balaban J connectivity index is 2.58. The van der Waals surface area contributed by atoms with Gasteiger partial charge in [0.25, 0.3) is 0 Å². The van der Waals surface area contributed by atoms with Crippen LogP contribution in [0.15, 0.2) is 36.4 Å². The monoisotopic (exact) mass is 318 g/mol. The standard InChI is InChI=1S/C19H26O4/c1-14(20)5-3-8-18(22)19(23)12-11-17-7-4-6-16(13-17)10-9-15(2)21/h4,6-7,9-13,15,18-19,21-23H,3,5,8H2,1-2H3/b10-9+,12-11+/t15-,18+,19-/m1/s1. The van der Waals surface area contributed by atoms with Gasteiger partial charge in [-0.05, 0) is 43.9 Å². The van der Waals surface area contributed by atoms with Crippen molar-refractivity contribution in [3.05, 3.63) is 47.5 Å². The van der Waals surface area contributed by atoms with Crippen LogP contribution < -0.4 is 0 Å². The van der Waals surface area contributed by atoms with Crippen molar-refractivity contribution in [2.24, 2.45) is 0 Å². The number of carbonyl (C=O) groups is 1. The first-order chi connectivity index (χ1) is 10.9. The molecule has 0 aromatic heterocycles. The molecule has 3 N–H and O–H groups in total. The van der Waals surface area contributed by atoms with Crippen molar-refractivity contribution in [2.75, 3.05) is 0 Å². The van der Waals surface area contributed by atoms with Gasteiger partial charge in [0.15, 0.2) is 0 Å². The van der Waals surface area contributed by atoms with Crippen LogP contribution in [0.2, 0.25) is 0 Å². The fraction of sp³-hybridized carbons (Fsp3) is 0.421. The molecule has 0 spiro atoms. The van der Waals surface area contributed by atoms with E-state index in [0.717, 1.165) is 11.1 Å². The summed E-state index contributed by atoms with van der Waals surface area (Å²) < 4.78 is 0. The van der Waals surface area contributed by atoms with E-state index in [9.17, 15) is 20.1 Å². The van der Waals surface area contributed by atoms with Crippen molar-refractivity contribution < 1.29 is 20.1 Å². The summed E-state index contributed by atoms with van der Waals surface area (Å²) in [5.74, 6) is 0.0873. The first-order valence-corrected chi connectivity index (χ1v) is 7.88. The third-order valence-electron chi connectivity index (χ3n) is 3.39.